The van der Waals surface area contributed by atoms with E-state index in [-0.39, 0.29) is 0 Å². The van der Waals surface area contributed by atoms with Gasteiger partial charge in [-0.25, -0.2) is 0 Å². The van der Waals surface area contributed by atoms with Gasteiger partial charge in [-0.3, -0.25) is 0 Å². The molecule has 0 amide bonds. The van der Waals surface area contributed by atoms with Crippen molar-refractivity contribution >= 4 is 46.0 Å². The zero-order chi connectivity index (χ0) is 15.6. The second kappa shape index (κ2) is 6.68. The maximum Gasteiger partial charge on any atom is 0.173 e. The molecule has 0 aliphatic carbocycles. The van der Waals surface area contributed by atoms with Gasteiger partial charge in [0.2, 0.25) is 0 Å². The number of benzene rings is 1. The molecule has 0 radical (unpaired) electrons. The fourth-order valence-electron chi connectivity index (χ4n) is 1.95. The Kier molecular flexibility index (Phi) is 5.13. The number of aryl methyl sites for hydroxylation is 3. The highest BCUT2D eigenvalue weighted by Crippen LogP contribution is 2.27. The van der Waals surface area contributed by atoms with E-state index in [1.807, 2.05) is 38.8 Å². The highest BCUT2D eigenvalue weighted by Gasteiger charge is 2.12. The van der Waals surface area contributed by atoms with Crippen molar-refractivity contribution in [1.29, 1.82) is 0 Å². The van der Waals surface area contributed by atoms with Crippen LogP contribution in [0.25, 0.3) is 0 Å². The molecular formula is C14H17ClN4S2. The molecule has 0 unspecified atom stereocenters. The minimum atomic E-state index is 0.608. The fraction of sp³-hybridized carbons (Fsp3) is 0.357. The molecule has 2 aromatic rings. The van der Waals surface area contributed by atoms with E-state index in [4.69, 9.17) is 23.8 Å². The quantitative estimate of drug-likeness (QED) is 0.857. The number of thiocarbonyl (C=S) groups is 1. The predicted octanol–water partition coefficient (Wildman–Crippen LogP) is 3.95. The summed E-state index contributed by atoms with van der Waals surface area (Å²) in [5, 5.41) is 14.5. The minimum absolute atomic E-state index is 0.608. The summed E-state index contributed by atoms with van der Waals surface area (Å²) in [6, 6.07) is 4.00. The van der Waals surface area contributed by atoms with Gasteiger partial charge in [0.1, 0.15) is 10.0 Å². The van der Waals surface area contributed by atoms with E-state index in [2.05, 4.69) is 21.6 Å². The molecule has 1 heterocycles. The largest absolute Gasteiger partial charge is 0.345 e. The van der Waals surface area contributed by atoms with Crippen molar-refractivity contribution < 1.29 is 0 Å². The molecule has 1 aromatic heterocycles. The highest BCUT2D eigenvalue weighted by molar-refractivity contribution is 7.80. The Bertz CT molecular complexity index is 646. The molecule has 21 heavy (non-hydrogen) atoms. The zero-order valence-corrected chi connectivity index (χ0v) is 14.8. The summed E-state index contributed by atoms with van der Waals surface area (Å²) in [4.78, 5) is 1.92. The van der Waals surface area contributed by atoms with E-state index in [0.717, 1.165) is 26.8 Å². The third kappa shape index (κ3) is 4.12. The Morgan fingerprint density at radius 2 is 2.05 bits per heavy atom. The first kappa shape index (κ1) is 16.1. The summed E-state index contributed by atoms with van der Waals surface area (Å²) >= 11 is 13.3. The van der Waals surface area contributed by atoms with Crippen molar-refractivity contribution in [1.82, 2.24) is 15.1 Å². The molecule has 7 heteroatoms. The lowest BCUT2D eigenvalue weighted by Gasteiger charge is -2.21. The number of hydrogen-bond donors (Lipinski definition) is 1. The number of nitrogens with one attached hydrogen (secondary N) is 1. The van der Waals surface area contributed by atoms with Crippen LogP contribution < -0.4 is 5.32 Å². The summed E-state index contributed by atoms with van der Waals surface area (Å²) in [5.74, 6) is 0. The number of aromatic nitrogens is 2. The summed E-state index contributed by atoms with van der Waals surface area (Å²) in [6.45, 7) is 6.59. The van der Waals surface area contributed by atoms with Crippen molar-refractivity contribution in [2.45, 2.75) is 27.3 Å². The van der Waals surface area contributed by atoms with E-state index < -0.39 is 0 Å². The van der Waals surface area contributed by atoms with Gasteiger partial charge in [0.25, 0.3) is 0 Å². The SMILES string of the molecule is Cc1cc(C)c(NC(=S)N(C)Cc2nnc(C)s2)c(Cl)c1. The van der Waals surface area contributed by atoms with Crippen molar-refractivity contribution in [2.75, 3.05) is 12.4 Å². The molecule has 0 aliphatic heterocycles. The topological polar surface area (TPSA) is 41.0 Å². The predicted molar refractivity (Wildman–Crippen MR) is 93.3 cm³/mol. The average Bonchev–Trinajstić information content (AvgIpc) is 2.78. The van der Waals surface area contributed by atoms with Crippen LogP contribution in [0.5, 0.6) is 0 Å². The second-order valence-corrected chi connectivity index (χ2v) is 7.00. The standard InChI is InChI=1S/C14H17ClN4S2/c1-8-5-9(2)13(11(15)6-8)16-14(20)19(4)7-12-18-17-10(3)21-12/h5-6H,7H2,1-4H3,(H,16,20). The number of anilines is 1. The first-order valence-corrected chi connectivity index (χ1v) is 8.05. The Labute approximate surface area is 139 Å². The summed E-state index contributed by atoms with van der Waals surface area (Å²) < 4.78 is 0. The van der Waals surface area contributed by atoms with Crippen molar-refractivity contribution in [2.24, 2.45) is 0 Å². The molecule has 1 N–H and O–H groups in total. The fourth-order valence-corrected chi connectivity index (χ4v) is 3.25. The maximum atomic E-state index is 6.29. The Morgan fingerprint density at radius 3 is 2.62 bits per heavy atom. The Balaban J connectivity index is 2.07. The lowest BCUT2D eigenvalue weighted by molar-refractivity contribution is 0.504. The van der Waals surface area contributed by atoms with E-state index in [0.29, 0.717) is 16.7 Å². The molecule has 0 saturated carbocycles. The Hall–Kier alpha value is -1.24. The van der Waals surface area contributed by atoms with Gasteiger partial charge in [-0.1, -0.05) is 29.0 Å². The lowest BCUT2D eigenvalue weighted by Crippen LogP contribution is -2.30. The lowest BCUT2D eigenvalue weighted by atomic mass is 10.1. The summed E-state index contributed by atoms with van der Waals surface area (Å²) in [5.41, 5.74) is 3.06. The molecule has 0 aliphatic rings. The van der Waals surface area contributed by atoms with Gasteiger partial charge in [-0.05, 0) is 50.2 Å². The van der Waals surface area contributed by atoms with Crippen molar-refractivity contribution in [3.63, 3.8) is 0 Å². The van der Waals surface area contributed by atoms with Gasteiger partial charge in [0.15, 0.2) is 5.11 Å². The number of nitrogens with zero attached hydrogens (tertiary/aromatic N) is 3. The van der Waals surface area contributed by atoms with Crippen LogP contribution in [0.4, 0.5) is 5.69 Å². The number of hydrogen-bond acceptors (Lipinski definition) is 4. The van der Waals surface area contributed by atoms with Crippen LogP contribution >= 0.6 is 35.2 Å². The normalized spacial score (nSPS) is 10.5. The molecule has 0 fully saturated rings. The first-order valence-electron chi connectivity index (χ1n) is 6.44. The molecule has 0 spiro atoms. The second-order valence-electron chi connectivity index (χ2n) is 4.94. The molecule has 0 atom stereocenters. The minimum Gasteiger partial charge on any atom is -0.345 e. The maximum absolute atomic E-state index is 6.29. The monoisotopic (exact) mass is 340 g/mol. The molecule has 1 aromatic carbocycles. The van der Waals surface area contributed by atoms with Crippen LogP contribution in [0.1, 0.15) is 21.1 Å². The van der Waals surface area contributed by atoms with Gasteiger partial charge in [-0.15, -0.1) is 10.2 Å². The van der Waals surface area contributed by atoms with E-state index in [1.54, 1.807) is 11.3 Å². The average molecular weight is 341 g/mol. The number of rotatable bonds is 3. The van der Waals surface area contributed by atoms with Gasteiger partial charge in [0.05, 0.1) is 17.3 Å². The smallest absolute Gasteiger partial charge is 0.173 e. The van der Waals surface area contributed by atoms with Crippen LogP contribution in [0.3, 0.4) is 0 Å². The zero-order valence-electron chi connectivity index (χ0n) is 12.4. The van der Waals surface area contributed by atoms with Crippen LogP contribution in [-0.2, 0) is 6.54 Å². The van der Waals surface area contributed by atoms with Gasteiger partial charge in [0, 0.05) is 7.05 Å². The van der Waals surface area contributed by atoms with E-state index in [1.165, 1.54) is 0 Å². The van der Waals surface area contributed by atoms with Crippen LogP contribution in [0.2, 0.25) is 5.02 Å². The van der Waals surface area contributed by atoms with Crippen molar-refractivity contribution in [3.8, 4) is 0 Å². The molecular weight excluding hydrogens is 324 g/mol. The summed E-state index contributed by atoms with van der Waals surface area (Å²) in [6.07, 6.45) is 0. The van der Waals surface area contributed by atoms with Gasteiger partial charge < -0.3 is 10.2 Å². The van der Waals surface area contributed by atoms with Crippen molar-refractivity contribution in [3.05, 3.63) is 38.3 Å². The molecule has 0 saturated heterocycles. The highest BCUT2D eigenvalue weighted by atomic mass is 35.5. The Morgan fingerprint density at radius 1 is 1.33 bits per heavy atom. The summed E-state index contributed by atoms with van der Waals surface area (Å²) in [7, 11) is 1.92. The van der Waals surface area contributed by atoms with Crippen LogP contribution in [-0.4, -0.2) is 27.3 Å². The molecule has 2 rings (SSSR count). The van der Waals surface area contributed by atoms with Crippen LogP contribution in [0, 0.1) is 20.8 Å². The molecule has 4 nitrogen and oxygen atoms in total. The third-order valence-corrected chi connectivity index (χ3v) is 4.49. The number of halogens is 1. The van der Waals surface area contributed by atoms with Crippen LogP contribution in [0.15, 0.2) is 12.1 Å². The first-order chi connectivity index (χ1) is 9.86. The van der Waals surface area contributed by atoms with Gasteiger partial charge >= 0.3 is 0 Å². The van der Waals surface area contributed by atoms with E-state index >= 15 is 0 Å². The van der Waals surface area contributed by atoms with Gasteiger partial charge in [-0.2, -0.15) is 0 Å². The molecule has 112 valence electrons. The van der Waals surface area contributed by atoms with E-state index in [9.17, 15) is 0 Å². The molecule has 0 bridgehead atoms. The third-order valence-electron chi connectivity index (χ3n) is 2.95.